The molecule has 0 saturated heterocycles. The molecule has 0 saturated carbocycles. The SMILES string of the molecule is CC1=c2cc(F)ccc2=NC1(CCCCCCO)c1cccnc1. The molecule has 3 rings (SSSR count). The molecule has 0 radical (unpaired) electrons. The van der Waals surface area contributed by atoms with Gasteiger partial charge < -0.3 is 5.11 Å². The standard InChI is InChI=1S/C20H23FN2O/c1-15-18-13-17(21)8-9-19(18)23-20(15,10-4-2-3-5-12-24)16-7-6-11-22-14-16/h6-9,11,13-14,24H,2-5,10,12H2,1H3. The number of rotatable bonds is 7. The minimum Gasteiger partial charge on any atom is -0.396 e. The van der Waals surface area contributed by atoms with Gasteiger partial charge in [0, 0.05) is 29.8 Å². The van der Waals surface area contributed by atoms with Crippen LogP contribution in [0.4, 0.5) is 4.39 Å². The van der Waals surface area contributed by atoms with Gasteiger partial charge in [-0.25, -0.2) is 4.39 Å². The van der Waals surface area contributed by atoms with E-state index in [-0.39, 0.29) is 12.4 Å². The van der Waals surface area contributed by atoms with Gasteiger partial charge in [-0.05, 0) is 49.6 Å². The molecule has 0 spiro atoms. The summed E-state index contributed by atoms with van der Waals surface area (Å²) in [5.74, 6) is -0.228. The van der Waals surface area contributed by atoms with E-state index in [2.05, 4.69) is 18.0 Å². The largest absolute Gasteiger partial charge is 0.396 e. The van der Waals surface area contributed by atoms with Crippen molar-refractivity contribution >= 4 is 5.57 Å². The lowest BCUT2D eigenvalue weighted by Gasteiger charge is -2.29. The van der Waals surface area contributed by atoms with Crippen LogP contribution >= 0.6 is 0 Å². The van der Waals surface area contributed by atoms with E-state index in [4.69, 9.17) is 10.1 Å². The molecule has 0 bridgehead atoms. The van der Waals surface area contributed by atoms with Crippen molar-refractivity contribution in [3.8, 4) is 0 Å². The fourth-order valence-corrected chi connectivity index (χ4v) is 3.54. The summed E-state index contributed by atoms with van der Waals surface area (Å²) < 4.78 is 13.7. The monoisotopic (exact) mass is 326 g/mol. The molecular weight excluding hydrogens is 303 g/mol. The Morgan fingerprint density at radius 3 is 2.71 bits per heavy atom. The summed E-state index contributed by atoms with van der Waals surface area (Å²) in [5, 5.41) is 10.7. The highest BCUT2D eigenvalue weighted by molar-refractivity contribution is 5.60. The molecule has 1 N–H and O–H groups in total. The number of hydrogen-bond donors (Lipinski definition) is 1. The zero-order valence-electron chi connectivity index (χ0n) is 14.0. The van der Waals surface area contributed by atoms with Gasteiger partial charge >= 0.3 is 0 Å². The van der Waals surface area contributed by atoms with Gasteiger partial charge in [-0.3, -0.25) is 9.98 Å². The zero-order valence-corrected chi connectivity index (χ0v) is 14.0. The summed E-state index contributed by atoms with van der Waals surface area (Å²) in [6.45, 7) is 2.30. The molecule has 1 aromatic heterocycles. The highest BCUT2D eigenvalue weighted by atomic mass is 19.1. The van der Waals surface area contributed by atoms with Crippen LogP contribution in [0.2, 0.25) is 0 Å². The molecule has 2 aromatic rings. The van der Waals surface area contributed by atoms with Crippen molar-refractivity contribution in [2.45, 2.75) is 44.6 Å². The Balaban J connectivity index is 1.99. The first-order valence-corrected chi connectivity index (χ1v) is 8.55. The van der Waals surface area contributed by atoms with Gasteiger partial charge in [-0.1, -0.05) is 25.3 Å². The lowest BCUT2D eigenvalue weighted by Crippen LogP contribution is -2.25. The number of unbranched alkanes of at least 4 members (excludes halogenated alkanes) is 3. The van der Waals surface area contributed by atoms with E-state index in [0.29, 0.717) is 0 Å². The van der Waals surface area contributed by atoms with Crippen molar-refractivity contribution in [1.82, 2.24) is 4.98 Å². The molecule has 0 amide bonds. The maximum atomic E-state index is 13.7. The van der Waals surface area contributed by atoms with Gasteiger partial charge in [0.05, 0.1) is 5.36 Å². The van der Waals surface area contributed by atoms with E-state index in [9.17, 15) is 4.39 Å². The molecule has 2 heterocycles. The van der Waals surface area contributed by atoms with Gasteiger partial charge in [-0.2, -0.15) is 0 Å². The van der Waals surface area contributed by atoms with E-state index in [1.54, 1.807) is 18.3 Å². The maximum Gasteiger partial charge on any atom is 0.123 e. The normalized spacial score (nSPS) is 19.2. The molecule has 126 valence electrons. The average molecular weight is 326 g/mol. The van der Waals surface area contributed by atoms with Gasteiger partial charge in [0.25, 0.3) is 0 Å². The first kappa shape index (κ1) is 16.8. The molecule has 1 unspecified atom stereocenters. The minimum absolute atomic E-state index is 0.228. The Morgan fingerprint density at radius 2 is 1.96 bits per heavy atom. The topological polar surface area (TPSA) is 45.5 Å². The number of hydrogen-bond acceptors (Lipinski definition) is 3. The van der Waals surface area contributed by atoms with Crippen LogP contribution in [0.5, 0.6) is 0 Å². The molecule has 1 aliphatic heterocycles. The Morgan fingerprint density at radius 1 is 1.12 bits per heavy atom. The first-order chi connectivity index (χ1) is 11.7. The minimum atomic E-state index is -0.455. The van der Waals surface area contributed by atoms with Crippen molar-refractivity contribution in [3.05, 3.63) is 64.7 Å². The molecule has 0 fully saturated rings. The van der Waals surface area contributed by atoms with Crippen LogP contribution in [0.1, 0.15) is 44.6 Å². The third-order valence-corrected chi connectivity index (χ3v) is 4.88. The second-order valence-corrected chi connectivity index (χ2v) is 6.39. The second kappa shape index (κ2) is 7.22. The van der Waals surface area contributed by atoms with Crippen LogP contribution < -0.4 is 10.6 Å². The van der Waals surface area contributed by atoms with Crippen LogP contribution in [0.3, 0.4) is 0 Å². The Kier molecular flexibility index (Phi) is 5.05. The summed E-state index contributed by atoms with van der Waals surface area (Å²) in [7, 11) is 0. The van der Waals surface area contributed by atoms with Crippen LogP contribution in [0.15, 0.2) is 47.7 Å². The highest BCUT2D eigenvalue weighted by Gasteiger charge is 2.36. The summed E-state index contributed by atoms with van der Waals surface area (Å²) in [4.78, 5) is 9.27. The number of nitrogens with zero attached hydrogens (tertiary/aromatic N) is 2. The van der Waals surface area contributed by atoms with Gasteiger partial charge in [0.1, 0.15) is 11.4 Å². The molecule has 0 aliphatic carbocycles. The third kappa shape index (κ3) is 3.11. The number of pyridine rings is 1. The van der Waals surface area contributed by atoms with E-state index >= 15 is 0 Å². The van der Waals surface area contributed by atoms with E-state index < -0.39 is 5.54 Å². The van der Waals surface area contributed by atoms with Crippen LogP contribution in [0.25, 0.3) is 5.57 Å². The molecule has 24 heavy (non-hydrogen) atoms. The van der Waals surface area contributed by atoms with Crippen LogP contribution in [-0.4, -0.2) is 16.7 Å². The Hall–Kier alpha value is -2.07. The summed E-state index contributed by atoms with van der Waals surface area (Å²) >= 11 is 0. The number of aromatic nitrogens is 1. The Bertz CT molecular complexity index is 819. The fourth-order valence-electron chi connectivity index (χ4n) is 3.54. The molecule has 1 atom stereocenters. The quantitative estimate of drug-likeness (QED) is 0.795. The first-order valence-electron chi connectivity index (χ1n) is 8.55. The maximum absolute atomic E-state index is 13.7. The molecular formula is C20H23FN2O. The van der Waals surface area contributed by atoms with Crippen molar-refractivity contribution in [2.75, 3.05) is 6.61 Å². The number of aliphatic hydroxyl groups excluding tert-OH is 1. The third-order valence-electron chi connectivity index (χ3n) is 4.88. The summed E-state index contributed by atoms with van der Waals surface area (Å²) in [6.07, 6.45) is 8.40. The van der Waals surface area contributed by atoms with Gasteiger partial charge in [-0.15, -0.1) is 0 Å². The van der Waals surface area contributed by atoms with Crippen molar-refractivity contribution < 1.29 is 9.50 Å². The van der Waals surface area contributed by atoms with E-state index in [1.807, 2.05) is 12.3 Å². The summed E-state index contributed by atoms with van der Waals surface area (Å²) in [5.41, 5.74) is 1.69. The van der Waals surface area contributed by atoms with Gasteiger partial charge in [0.15, 0.2) is 0 Å². The Labute approximate surface area is 141 Å². The van der Waals surface area contributed by atoms with Crippen molar-refractivity contribution in [2.24, 2.45) is 4.99 Å². The number of halogens is 1. The number of fused-ring (bicyclic) bond motifs is 1. The van der Waals surface area contributed by atoms with Crippen LogP contribution in [0, 0.1) is 5.82 Å². The summed E-state index contributed by atoms with van der Waals surface area (Å²) in [6, 6.07) is 8.79. The molecule has 1 aromatic carbocycles. The fraction of sp³-hybridized carbons (Fsp3) is 0.400. The predicted molar refractivity (Wildman–Crippen MR) is 92.3 cm³/mol. The van der Waals surface area contributed by atoms with Crippen molar-refractivity contribution in [1.29, 1.82) is 0 Å². The molecule has 3 nitrogen and oxygen atoms in total. The van der Waals surface area contributed by atoms with Crippen molar-refractivity contribution in [3.63, 3.8) is 0 Å². The van der Waals surface area contributed by atoms with E-state index in [0.717, 1.165) is 53.8 Å². The number of benzene rings is 1. The molecule has 1 aliphatic rings. The van der Waals surface area contributed by atoms with Gasteiger partial charge in [0.2, 0.25) is 0 Å². The number of aliphatic hydroxyl groups is 1. The lowest BCUT2D eigenvalue weighted by atomic mass is 9.80. The average Bonchev–Trinajstić information content (AvgIpc) is 2.89. The smallest absolute Gasteiger partial charge is 0.123 e. The second-order valence-electron chi connectivity index (χ2n) is 6.39. The van der Waals surface area contributed by atoms with Crippen LogP contribution in [-0.2, 0) is 5.54 Å². The van der Waals surface area contributed by atoms with E-state index in [1.165, 1.54) is 6.07 Å². The highest BCUT2D eigenvalue weighted by Crippen LogP contribution is 2.39. The predicted octanol–water partition coefficient (Wildman–Crippen LogP) is 2.86. The zero-order chi connectivity index (χ0) is 17.0. The lowest BCUT2D eigenvalue weighted by molar-refractivity contribution is 0.281. The molecule has 4 heteroatoms.